The van der Waals surface area contributed by atoms with Crippen LogP contribution in [0.3, 0.4) is 0 Å². The van der Waals surface area contributed by atoms with Crippen LogP contribution in [-0.4, -0.2) is 26.5 Å². The SMILES string of the molecule is Cc1cccc(-c2nc(C)c(C=O)c([SiH3])n2)c1. The van der Waals surface area contributed by atoms with Crippen molar-refractivity contribution < 1.29 is 4.79 Å². The molecule has 0 saturated heterocycles. The molecule has 2 rings (SSSR count). The van der Waals surface area contributed by atoms with Gasteiger partial charge in [0.1, 0.15) is 0 Å². The molecule has 0 aliphatic rings. The number of aromatic nitrogens is 2. The van der Waals surface area contributed by atoms with Crippen LogP contribution in [0.4, 0.5) is 0 Å². The normalized spacial score (nSPS) is 10.5. The molecule has 0 aliphatic carbocycles. The van der Waals surface area contributed by atoms with Gasteiger partial charge >= 0.3 is 0 Å². The van der Waals surface area contributed by atoms with Crippen molar-refractivity contribution in [2.24, 2.45) is 0 Å². The molecule has 86 valence electrons. The van der Waals surface area contributed by atoms with Crippen molar-refractivity contribution in [1.29, 1.82) is 0 Å². The fraction of sp³-hybridized carbons (Fsp3) is 0.154. The van der Waals surface area contributed by atoms with E-state index in [4.69, 9.17) is 0 Å². The Morgan fingerprint density at radius 1 is 1.24 bits per heavy atom. The van der Waals surface area contributed by atoms with Gasteiger partial charge in [-0.3, -0.25) is 4.79 Å². The molecule has 0 N–H and O–H groups in total. The van der Waals surface area contributed by atoms with Gasteiger partial charge in [-0.05, 0) is 19.9 Å². The fourth-order valence-corrected chi connectivity index (χ4v) is 2.50. The second kappa shape index (κ2) is 4.59. The molecule has 3 nitrogen and oxygen atoms in total. The summed E-state index contributed by atoms with van der Waals surface area (Å²) in [7, 11) is 0.749. The predicted molar refractivity (Wildman–Crippen MR) is 71.9 cm³/mol. The summed E-state index contributed by atoms with van der Waals surface area (Å²) >= 11 is 0. The number of benzene rings is 1. The van der Waals surface area contributed by atoms with Gasteiger partial charge in [-0.15, -0.1) is 0 Å². The van der Waals surface area contributed by atoms with Gasteiger partial charge in [0.15, 0.2) is 12.1 Å². The topological polar surface area (TPSA) is 42.9 Å². The average Bonchev–Trinajstić information content (AvgIpc) is 2.28. The molecule has 1 heterocycles. The van der Waals surface area contributed by atoms with E-state index >= 15 is 0 Å². The molecule has 0 saturated carbocycles. The molecule has 17 heavy (non-hydrogen) atoms. The summed E-state index contributed by atoms with van der Waals surface area (Å²) in [4.78, 5) is 19.7. The first kappa shape index (κ1) is 11.7. The highest BCUT2D eigenvalue weighted by Crippen LogP contribution is 2.16. The maximum atomic E-state index is 10.9. The van der Waals surface area contributed by atoms with Gasteiger partial charge < -0.3 is 0 Å². The molecular formula is C13H14N2OSi. The highest BCUT2D eigenvalue weighted by Gasteiger charge is 2.08. The zero-order valence-corrected chi connectivity index (χ0v) is 12.2. The van der Waals surface area contributed by atoms with Crippen molar-refractivity contribution >= 4 is 21.8 Å². The lowest BCUT2D eigenvalue weighted by Crippen LogP contribution is -2.19. The molecule has 2 aromatic rings. The maximum Gasteiger partial charge on any atom is 0.159 e. The first-order valence-electron chi connectivity index (χ1n) is 5.49. The zero-order chi connectivity index (χ0) is 12.4. The van der Waals surface area contributed by atoms with Crippen molar-refractivity contribution in [3.05, 3.63) is 41.1 Å². The fourth-order valence-electron chi connectivity index (χ4n) is 1.81. The molecule has 4 heteroatoms. The van der Waals surface area contributed by atoms with Gasteiger partial charge in [-0.25, -0.2) is 9.97 Å². The number of hydrogen-bond donors (Lipinski definition) is 0. The summed E-state index contributed by atoms with van der Waals surface area (Å²) in [5, 5.41) is 0.865. The smallest absolute Gasteiger partial charge is 0.159 e. The van der Waals surface area contributed by atoms with Gasteiger partial charge in [0.25, 0.3) is 0 Å². The lowest BCUT2D eigenvalue weighted by Gasteiger charge is -2.07. The summed E-state index contributed by atoms with van der Waals surface area (Å²) in [6.07, 6.45) is 0.845. The summed E-state index contributed by atoms with van der Waals surface area (Å²) in [6, 6.07) is 8.07. The van der Waals surface area contributed by atoms with E-state index < -0.39 is 0 Å². The molecule has 0 unspecified atom stereocenters. The monoisotopic (exact) mass is 242 g/mol. The van der Waals surface area contributed by atoms with Gasteiger partial charge in [0.05, 0.1) is 21.5 Å². The van der Waals surface area contributed by atoms with E-state index in [1.54, 1.807) is 0 Å². The van der Waals surface area contributed by atoms with Crippen LogP contribution >= 0.6 is 0 Å². The lowest BCUT2D eigenvalue weighted by atomic mass is 10.1. The lowest BCUT2D eigenvalue weighted by molar-refractivity contribution is 0.112. The second-order valence-electron chi connectivity index (χ2n) is 4.12. The number of aryl methyl sites for hydroxylation is 2. The summed E-state index contributed by atoms with van der Waals surface area (Å²) < 4.78 is 0. The van der Waals surface area contributed by atoms with E-state index in [0.29, 0.717) is 11.4 Å². The summed E-state index contributed by atoms with van der Waals surface area (Å²) in [5.41, 5.74) is 3.59. The van der Waals surface area contributed by atoms with Crippen LogP contribution in [-0.2, 0) is 0 Å². The standard InChI is InChI=1S/C13H14N2OSi/c1-8-4-3-5-10(6-8)12-14-9(2)11(7-16)13(17)15-12/h3-7H,1-2,17H3. The van der Waals surface area contributed by atoms with Crippen LogP contribution in [0.15, 0.2) is 24.3 Å². The van der Waals surface area contributed by atoms with E-state index in [1.165, 1.54) is 5.56 Å². The molecule has 0 atom stereocenters. The van der Waals surface area contributed by atoms with Gasteiger partial charge in [0, 0.05) is 10.9 Å². The van der Waals surface area contributed by atoms with Gasteiger partial charge in [-0.1, -0.05) is 23.8 Å². The van der Waals surface area contributed by atoms with Crippen molar-refractivity contribution in [3.63, 3.8) is 0 Å². The maximum absolute atomic E-state index is 10.9. The number of rotatable bonds is 2. The van der Waals surface area contributed by atoms with Crippen LogP contribution in [0.2, 0.25) is 0 Å². The third-order valence-corrected chi connectivity index (χ3v) is 3.48. The van der Waals surface area contributed by atoms with Crippen molar-refractivity contribution in [2.75, 3.05) is 0 Å². The molecular weight excluding hydrogens is 228 g/mol. The van der Waals surface area contributed by atoms with Gasteiger partial charge in [-0.2, -0.15) is 0 Å². The third kappa shape index (κ3) is 2.31. The number of carbonyl (C=O) groups excluding carboxylic acids is 1. The minimum atomic E-state index is 0.646. The highest BCUT2D eigenvalue weighted by molar-refractivity contribution is 6.34. The van der Waals surface area contributed by atoms with Gasteiger partial charge in [0.2, 0.25) is 0 Å². The zero-order valence-electron chi connectivity index (χ0n) is 10.2. The number of carbonyl (C=O) groups is 1. The second-order valence-corrected chi connectivity index (χ2v) is 5.07. The van der Waals surface area contributed by atoms with Crippen LogP contribution in [0, 0.1) is 13.8 Å². The Morgan fingerprint density at radius 2 is 2.00 bits per heavy atom. The summed E-state index contributed by atoms with van der Waals surface area (Å²) in [6.45, 7) is 3.89. The minimum absolute atomic E-state index is 0.646. The Bertz CT molecular complexity index is 558. The molecule has 0 amide bonds. The first-order chi connectivity index (χ1) is 8.11. The molecule has 0 aliphatic heterocycles. The number of hydrogen-bond acceptors (Lipinski definition) is 3. The number of aldehydes is 1. The predicted octanol–water partition coefficient (Wildman–Crippen LogP) is 0.564. The molecule has 1 aromatic carbocycles. The molecule has 0 radical (unpaired) electrons. The molecule has 0 spiro atoms. The minimum Gasteiger partial charge on any atom is -0.298 e. The Hall–Kier alpha value is -1.81. The molecule has 1 aromatic heterocycles. The number of nitrogens with zero attached hydrogens (tertiary/aromatic N) is 2. The molecule has 0 fully saturated rings. The molecule has 0 bridgehead atoms. The van der Waals surface area contributed by atoms with Crippen molar-refractivity contribution in [2.45, 2.75) is 13.8 Å². The van der Waals surface area contributed by atoms with Crippen molar-refractivity contribution in [1.82, 2.24) is 9.97 Å². The van der Waals surface area contributed by atoms with Crippen molar-refractivity contribution in [3.8, 4) is 11.4 Å². The Kier molecular flexibility index (Phi) is 3.15. The van der Waals surface area contributed by atoms with E-state index in [-0.39, 0.29) is 0 Å². The van der Waals surface area contributed by atoms with E-state index in [0.717, 1.165) is 33.1 Å². The quantitative estimate of drug-likeness (QED) is 0.571. The largest absolute Gasteiger partial charge is 0.298 e. The highest BCUT2D eigenvalue weighted by atomic mass is 28.1. The van der Waals surface area contributed by atoms with Crippen LogP contribution in [0.1, 0.15) is 21.6 Å². The Balaban J connectivity index is 2.58. The van der Waals surface area contributed by atoms with E-state index in [1.807, 2.05) is 32.0 Å². The Morgan fingerprint density at radius 3 is 2.59 bits per heavy atom. The third-order valence-electron chi connectivity index (χ3n) is 2.72. The summed E-state index contributed by atoms with van der Waals surface area (Å²) in [5.74, 6) is 0.710. The average molecular weight is 242 g/mol. The van der Waals surface area contributed by atoms with Crippen LogP contribution < -0.4 is 5.32 Å². The van der Waals surface area contributed by atoms with E-state index in [2.05, 4.69) is 16.0 Å². The first-order valence-corrected chi connectivity index (χ1v) is 6.49. The van der Waals surface area contributed by atoms with E-state index in [9.17, 15) is 4.79 Å². The van der Waals surface area contributed by atoms with Crippen LogP contribution in [0.5, 0.6) is 0 Å². The van der Waals surface area contributed by atoms with Crippen LogP contribution in [0.25, 0.3) is 11.4 Å². The Labute approximate surface area is 103 Å².